The second kappa shape index (κ2) is 6.44. The number of nitrogens with zero attached hydrogens (tertiary/aromatic N) is 1. The van der Waals surface area contributed by atoms with Crippen molar-refractivity contribution in [1.29, 1.82) is 0 Å². The Morgan fingerprint density at radius 3 is 3.11 bits per heavy atom. The molecule has 6 heteroatoms. The largest absolute Gasteiger partial charge is 0.376 e. The van der Waals surface area contributed by atoms with Crippen LogP contribution < -0.4 is 11.3 Å². The van der Waals surface area contributed by atoms with E-state index >= 15 is 0 Å². The van der Waals surface area contributed by atoms with E-state index in [1.54, 1.807) is 12.1 Å². The van der Waals surface area contributed by atoms with Crippen molar-refractivity contribution in [2.75, 3.05) is 13.2 Å². The lowest BCUT2D eigenvalue weighted by atomic mass is 10.2. The molecule has 1 aromatic heterocycles. The van der Waals surface area contributed by atoms with Crippen LogP contribution in [0.2, 0.25) is 0 Å². The van der Waals surface area contributed by atoms with E-state index < -0.39 is 0 Å². The lowest BCUT2D eigenvalue weighted by molar-refractivity contribution is 0.00965. The second-order valence-corrected chi connectivity index (χ2v) is 4.16. The van der Waals surface area contributed by atoms with Gasteiger partial charge in [0.2, 0.25) is 0 Å². The third-order valence-electron chi connectivity index (χ3n) is 2.80. The molecule has 98 valence electrons. The van der Waals surface area contributed by atoms with Crippen molar-refractivity contribution in [3.05, 3.63) is 29.6 Å². The van der Waals surface area contributed by atoms with Crippen LogP contribution in [-0.2, 0) is 16.1 Å². The van der Waals surface area contributed by atoms with Crippen molar-refractivity contribution in [2.24, 2.45) is 5.84 Å². The minimum Gasteiger partial charge on any atom is -0.376 e. The molecule has 3 N–H and O–H groups in total. The third kappa shape index (κ3) is 3.49. The minimum absolute atomic E-state index is 0.215. The van der Waals surface area contributed by atoms with E-state index in [0.717, 1.165) is 25.1 Å². The maximum Gasteiger partial charge on any atom is 0.266 e. The molecule has 1 aromatic rings. The summed E-state index contributed by atoms with van der Waals surface area (Å²) >= 11 is 0. The SMILES string of the molecule is NNC(=O)c1ccc(COCC2CCCO2)nc1. The first-order chi connectivity index (χ1) is 8.79. The van der Waals surface area contributed by atoms with Gasteiger partial charge in [0.15, 0.2) is 0 Å². The van der Waals surface area contributed by atoms with Crippen molar-refractivity contribution in [2.45, 2.75) is 25.6 Å². The number of nitrogens with two attached hydrogens (primary N) is 1. The van der Waals surface area contributed by atoms with Crippen molar-refractivity contribution >= 4 is 5.91 Å². The Morgan fingerprint density at radius 1 is 1.61 bits per heavy atom. The van der Waals surface area contributed by atoms with E-state index in [1.165, 1.54) is 6.20 Å². The van der Waals surface area contributed by atoms with Crippen LogP contribution in [0.25, 0.3) is 0 Å². The molecule has 1 saturated heterocycles. The second-order valence-electron chi connectivity index (χ2n) is 4.16. The fourth-order valence-corrected chi connectivity index (χ4v) is 1.80. The van der Waals surface area contributed by atoms with Gasteiger partial charge in [0.1, 0.15) is 0 Å². The van der Waals surface area contributed by atoms with Gasteiger partial charge in [0.25, 0.3) is 5.91 Å². The standard InChI is InChI=1S/C12H17N3O3/c13-15-12(16)9-3-4-10(14-6-9)7-17-8-11-2-1-5-18-11/h3-4,6,11H,1-2,5,7-8,13H2,(H,15,16). The maximum absolute atomic E-state index is 11.2. The highest BCUT2D eigenvalue weighted by Gasteiger charge is 2.15. The molecule has 0 spiro atoms. The summed E-state index contributed by atoms with van der Waals surface area (Å²) in [7, 11) is 0. The number of hydrogen-bond acceptors (Lipinski definition) is 5. The molecule has 2 rings (SSSR count). The number of hydrazine groups is 1. The number of nitrogens with one attached hydrogen (secondary N) is 1. The third-order valence-corrected chi connectivity index (χ3v) is 2.80. The summed E-state index contributed by atoms with van der Waals surface area (Å²) in [5, 5.41) is 0. The number of ether oxygens (including phenoxy) is 2. The predicted octanol–water partition coefficient (Wildman–Crippen LogP) is 0.381. The van der Waals surface area contributed by atoms with Crippen LogP contribution in [0.1, 0.15) is 28.9 Å². The molecule has 0 saturated carbocycles. The van der Waals surface area contributed by atoms with Crippen LogP contribution in [0.5, 0.6) is 0 Å². The zero-order chi connectivity index (χ0) is 12.8. The molecule has 6 nitrogen and oxygen atoms in total. The molecule has 1 amide bonds. The topological polar surface area (TPSA) is 86.5 Å². The highest BCUT2D eigenvalue weighted by atomic mass is 16.5. The first kappa shape index (κ1) is 12.9. The average molecular weight is 251 g/mol. The van der Waals surface area contributed by atoms with Crippen LogP contribution in [-0.4, -0.2) is 30.2 Å². The molecule has 2 heterocycles. The van der Waals surface area contributed by atoms with E-state index in [4.69, 9.17) is 15.3 Å². The molecule has 0 aromatic carbocycles. The van der Waals surface area contributed by atoms with Gasteiger partial charge in [-0.1, -0.05) is 0 Å². The van der Waals surface area contributed by atoms with Crippen LogP contribution >= 0.6 is 0 Å². The number of pyridine rings is 1. The number of rotatable bonds is 5. The number of amides is 1. The molecular weight excluding hydrogens is 234 g/mol. The van der Waals surface area contributed by atoms with Gasteiger partial charge >= 0.3 is 0 Å². The van der Waals surface area contributed by atoms with Gasteiger partial charge in [-0.3, -0.25) is 15.2 Å². The Morgan fingerprint density at radius 2 is 2.50 bits per heavy atom. The zero-order valence-electron chi connectivity index (χ0n) is 10.1. The van der Waals surface area contributed by atoms with Gasteiger partial charge in [0.05, 0.1) is 30.6 Å². The highest BCUT2D eigenvalue weighted by Crippen LogP contribution is 2.12. The molecule has 0 bridgehead atoms. The van der Waals surface area contributed by atoms with Gasteiger partial charge in [-0.05, 0) is 25.0 Å². The predicted molar refractivity (Wildman–Crippen MR) is 64.5 cm³/mol. The first-order valence-corrected chi connectivity index (χ1v) is 5.95. The normalized spacial score (nSPS) is 18.8. The quantitative estimate of drug-likeness (QED) is 0.449. The molecule has 1 aliphatic heterocycles. The molecular formula is C12H17N3O3. The lowest BCUT2D eigenvalue weighted by Crippen LogP contribution is -2.30. The molecule has 0 radical (unpaired) electrons. The summed E-state index contributed by atoms with van der Waals surface area (Å²) in [6.45, 7) is 1.84. The fraction of sp³-hybridized carbons (Fsp3) is 0.500. The van der Waals surface area contributed by atoms with Crippen molar-refractivity contribution < 1.29 is 14.3 Å². The van der Waals surface area contributed by atoms with Crippen molar-refractivity contribution in [3.8, 4) is 0 Å². The van der Waals surface area contributed by atoms with Gasteiger partial charge in [-0.2, -0.15) is 0 Å². The molecule has 18 heavy (non-hydrogen) atoms. The maximum atomic E-state index is 11.2. The molecule has 1 aliphatic rings. The van der Waals surface area contributed by atoms with Crippen molar-refractivity contribution in [1.82, 2.24) is 10.4 Å². The number of carbonyl (C=O) groups excluding carboxylic acids is 1. The molecule has 1 fully saturated rings. The molecule has 0 aliphatic carbocycles. The van der Waals surface area contributed by atoms with E-state index in [2.05, 4.69) is 10.4 Å². The lowest BCUT2D eigenvalue weighted by Gasteiger charge is -2.09. The Kier molecular flexibility index (Phi) is 4.63. The Balaban J connectivity index is 1.77. The molecule has 1 atom stereocenters. The number of aromatic nitrogens is 1. The van der Waals surface area contributed by atoms with Crippen LogP contribution in [0, 0.1) is 0 Å². The van der Waals surface area contributed by atoms with Gasteiger partial charge < -0.3 is 9.47 Å². The van der Waals surface area contributed by atoms with E-state index in [-0.39, 0.29) is 12.0 Å². The van der Waals surface area contributed by atoms with Crippen LogP contribution in [0.4, 0.5) is 0 Å². The van der Waals surface area contributed by atoms with E-state index in [9.17, 15) is 4.79 Å². The highest BCUT2D eigenvalue weighted by molar-refractivity contribution is 5.93. The summed E-state index contributed by atoms with van der Waals surface area (Å²) < 4.78 is 11.0. The number of nitrogen functional groups attached to an aromatic ring is 1. The monoisotopic (exact) mass is 251 g/mol. The number of hydrogen-bond donors (Lipinski definition) is 2. The summed E-state index contributed by atoms with van der Waals surface area (Å²) in [6.07, 6.45) is 3.86. The first-order valence-electron chi connectivity index (χ1n) is 5.95. The van der Waals surface area contributed by atoms with Crippen LogP contribution in [0.15, 0.2) is 18.3 Å². The van der Waals surface area contributed by atoms with Crippen LogP contribution in [0.3, 0.4) is 0 Å². The molecule has 1 unspecified atom stereocenters. The van der Waals surface area contributed by atoms with E-state index in [0.29, 0.717) is 18.8 Å². The average Bonchev–Trinajstić information content (AvgIpc) is 2.92. The summed E-state index contributed by atoms with van der Waals surface area (Å²) in [5.74, 6) is 4.67. The summed E-state index contributed by atoms with van der Waals surface area (Å²) in [6, 6.07) is 3.42. The summed E-state index contributed by atoms with van der Waals surface area (Å²) in [5.41, 5.74) is 3.26. The zero-order valence-corrected chi connectivity index (χ0v) is 10.1. The Hall–Kier alpha value is -1.50. The van der Waals surface area contributed by atoms with E-state index in [1.807, 2.05) is 0 Å². The smallest absolute Gasteiger partial charge is 0.266 e. The van der Waals surface area contributed by atoms with Gasteiger partial charge in [0, 0.05) is 12.8 Å². The van der Waals surface area contributed by atoms with Crippen molar-refractivity contribution in [3.63, 3.8) is 0 Å². The Labute approximate surface area is 105 Å². The van der Waals surface area contributed by atoms with Gasteiger partial charge in [-0.25, -0.2) is 5.84 Å². The minimum atomic E-state index is -0.352. The van der Waals surface area contributed by atoms with Gasteiger partial charge in [-0.15, -0.1) is 0 Å². The fourth-order valence-electron chi connectivity index (χ4n) is 1.80. The summed E-state index contributed by atoms with van der Waals surface area (Å²) in [4.78, 5) is 15.3. The number of carbonyl (C=O) groups is 1. The Bertz CT molecular complexity index is 388.